The van der Waals surface area contributed by atoms with Crippen molar-refractivity contribution in [3.8, 4) is 0 Å². The van der Waals surface area contributed by atoms with E-state index >= 15 is 0 Å². The molecule has 2 aliphatic heterocycles. The lowest BCUT2D eigenvalue weighted by molar-refractivity contribution is 0.0909. The van der Waals surface area contributed by atoms with Crippen LogP contribution in [0.4, 0.5) is 5.69 Å². The zero-order valence-electron chi connectivity index (χ0n) is 16.9. The van der Waals surface area contributed by atoms with Crippen LogP contribution in [0.1, 0.15) is 27.9 Å². The molecule has 0 saturated heterocycles. The highest BCUT2D eigenvalue weighted by atomic mass is 35.5. The Balaban J connectivity index is 1.45. The van der Waals surface area contributed by atoms with Crippen molar-refractivity contribution < 1.29 is 13.2 Å². The molecular weight excluding hydrogens is 466 g/mol. The Morgan fingerprint density at radius 2 is 2.00 bits per heavy atom. The minimum Gasteiger partial charge on any atom is -0.316 e. The van der Waals surface area contributed by atoms with Gasteiger partial charge in [-0.3, -0.25) is 13.8 Å². The number of hydrogen-bond donors (Lipinski definition) is 2. The Morgan fingerprint density at radius 1 is 1.19 bits per heavy atom. The van der Waals surface area contributed by atoms with Crippen LogP contribution in [0.2, 0.25) is 5.02 Å². The number of rotatable bonds is 5. The number of hydrogen-bond acceptors (Lipinski definition) is 6. The molecule has 164 valence electrons. The molecular formula is C23H20ClN3O3S2. The van der Waals surface area contributed by atoms with E-state index < -0.39 is 10.0 Å². The van der Waals surface area contributed by atoms with E-state index in [-0.39, 0.29) is 22.3 Å². The predicted octanol–water partition coefficient (Wildman–Crippen LogP) is 4.79. The number of carbonyl (C=O) groups excluding carboxylic acids is 1. The number of anilines is 1. The topological polar surface area (TPSA) is 78.5 Å². The van der Waals surface area contributed by atoms with Gasteiger partial charge in [-0.25, -0.2) is 8.42 Å². The van der Waals surface area contributed by atoms with Crippen LogP contribution in [0.15, 0.2) is 77.6 Å². The van der Waals surface area contributed by atoms with E-state index in [1.54, 1.807) is 34.9 Å². The average Bonchev–Trinajstić information content (AvgIpc) is 3.27. The first-order chi connectivity index (χ1) is 15.4. The lowest BCUT2D eigenvalue weighted by atomic mass is 9.80. The highest BCUT2D eigenvalue weighted by Gasteiger charge is 2.32. The number of Topliss-reactive ketones (excluding diaryl/α,β-unsaturated/α-hetero) is 1. The van der Waals surface area contributed by atoms with Gasteiger partial charge in [-0.05, 0) is 60.7 Å². The summed E-state index contributed by atoms with van der Waals surface area (Å²) in [6.45, 7) is 0. The van der Waals surface area contributed by atoms with Gasteiger partial charge >= 0.3 is 0 Å². The normalized spacial score (nSPS) is 19.4. The summed E-state index contributed by atoms with van der Waals surface area (Å²) in [7, 11) is -3.96. The molecule has 0 saturated carbocycles. The van der Waals surface area contributed by atoms with Gasteiger partial charge in [0.25, 0.3) is 10.0 Å². The van der Waals surface area contributed by atoms with E-state index in [2.05, 4.69) is 21.6 Å². The van der Waals surface area contributed by atoms with E-state index in [9.17, 15) is 13.2 Å². The molecule has 2 aromatic rings. The van der Waals surface area contributed by atoms with Gasteiger partial charge in [0, 0.05) is 28.9 Å². The third-order valence-corrected chi connectivity index (χ3v) is 8.19. The summed E-state index contributed by atoms with van der Waals surface area (Å²) < 4.78 is 33.8. The second-order valence-corrected chi connectivity index (χ2v) is 10.7. The lowest BCUT2D eigenvalue weighted by Gasteiger charge is -2.25. The van der Waals surface area contributed by atoms with Crippen molar-refractivity contribution in [1.82, 2.24) is 9.03 Å². The third kappa shape index (κ3) is 3.94. The number of benzene rings is 2. The summed E-state index contributed by atoms with van der Waals surface area (Å²) in [6.07, 6.45) is 8.79. The van der Waals surface area contributed by atoms with E-state index in [0.29, 0.717) is 22.7 Å². The molecule has 2 aromatic carbocycles. The smallest absolute Gasteiger partial charge is 0.264 e. The summed E-state index contributed by atoms with van der Waals surface area (Å²) in [5.41, 5.74) is 3.49. The molecule has 0 bridgehead atoms. The number of fused-ring (bicyclic) bond motifs is 2. The van der Waals surface area contributed by atoms with Gasteiger partial charge in [-0.1, -0.05) is 35.9 Å². The van der Waals surface area contributed by atoms with Gasteiger partial charge in [-0.15, -0.1) is 0 Å². The summed E-state index contributed by atoms with van der Waals surface area (Å²) in [6, 6.07) is 12.9. The van der Waals surface area contributed by atoms with Gasteiger partial charge < -0.3 is 4.72 Å². The molecule has 1 unspecified atom stereocenters. The Bertz CT molecular complexity index is 1300. The van der Waals surface area contributed by atoms with Crippen LogP contribution in [0.5, 0.6) is 0 Å². The second-order valence-electron chi connectivity index (χ2n) is 7.81. The maximum atomic E-state index is 13.4. The van der Waals surface area contributed by atoms with E-state index in [1.807, 2.05) is 12.1 Å². The molecule has 0 fully saturated rings. The fraction of sp³-hybridized carbons (Fsp3) is 0.174. The van der Waals surface area contributed by atoms with E-state index in [4.69, 9.17) is 11.6 Å². The number of halogens is 1. The lowest BCUT2D eigenvalue weighted by Crippen LogP contribution is -2.25. The van der Waals surface area contributed by atoms with Gasteiger partial charge in [0.1, 0.15) is 4.91 Å². The molecule has 32 heavy (non-hydrogen) atoms. The molecule has 6 nitrogen and oxygen atoms in total. The van der Waals surface area contributed by atoms with Crippen LogP contribution in [0.25, 0.3) is 0 Å². The first-order valence-corrected chi connectivity index (χ1v) is 12.8. The molecule has 2 heterocycles. The SMILES string of the molecule is O=C(c1ccc(Cl)cc1NS(=O)(=O)C1=CC=CN2SNC=C12)C1CCc2ccccc2C1. The number of aryl methyl sites for hydroxylation is 1. The summed E-state index contributed by atoms with van der Waals surface area (Å²) in [5.74, 6) is -0.287. The predicted molar refractivity (Wildman–Crippen MR) is 128 cm³/mol. The van der Waals surface area contributed by atoms with Crippen LogP contribution >= 0.6 is 23.7 Å². The Hall–Kier alpha value is -2.68. The Morgan fingerprint density at radius 3 is 2.84 bits per heavy atom. The molecule has 0 spiro atoms. The molecule has 0 amide bonds. The van der Waals surface area contributed by atoms with Gasteiger partial charge in [0.05, 0.1) is 23.5 Å². The highest BCUT2D eigenvalue weighted by molar-refractivity contribution is 7.97. The molecule has 0 radical (unpaired) electrons. The van der Waals surface area contributed by atoms with Crippen molar-refractivity contribution in [2.45, 2.75) is 19.3 Å². The third-order valence-electron chi connectivity index (χ3n) is 5.80. The highest BCUT2D eigenvalue weighted by Crippen LogP contribution is 2.36. The van der Waals surface area contributed by atoms with Crippen LogP contribution in [0.3, 0.4) is 0 Å². The Kier molecular flexibility index (Phi) is 5.53. The number of allylic oxidation sites excluding steroid dienone is 2. The second kappa shape index (κ2) is 8.35. The van der Waals surface area contributed by atoms with Crippen LogP contribution < -0.4 is 9.44 Å². The summed E-state index contributed by atoms with van der Waals surface area (Å²) >= 11 is 7.44. The molecule has 2 N–H and O–H groups in total. The van der Waals surface area contributed by atoms with Crippen molar-refractivity contribution >= 4 is 45.2 Å². The fourth-order valence-corrected chi connectivity index (χ4v) is 6.37. The average molecular weight is 486 g/mol. The molecule has 1 atom stereocenters. The van der Waals surface area contributed by atoms with Gasteiger partial charge in [0.2, 0.25) is 0 Å². The first kappa shape index (κ1) is 21.2. The molecule has 0 aromatic heterocycles. The molecule has 5 rings (SSSR count). The minimum atomic E-state index is -3.96. The van der Waals surface area contributed by atoms with E-state index in [0.717, 1.165) is 12.8 Å². The minimum absolute atomic E-state index is 0.0784. The standard InChI is InChI=1S/C23H20ClN3O3S2/c24-18-9-10-19(23(28)17-8-7-15-4-1-2-5-16(15)12-17)20(13-18)26-32(29,30)22-6-3-11-27-21(22)14-25-31-27/h1-6,9-11,13-14,17,25-26H,7-8,12H2. The largest absolute Gasteiger partial charge is 0.316 e. The number of carbonyl (C=O) groups is 1. The van der Waals surface area contributed by atoms with Gasteiger partial charge in [0.15, 0.2) is 5.78 Å². The fourth-order valence-electron chi connectivity index (χ4n) is 4.22. The van der Waals surface area contributed by atoms with Crippen LogP contribution in [-0.2, 0) is 22.9 Å². The zero-order chi connectivity index (χ0) is 22.3. The first-order valence-electron chi connectivity index (χ1n) is 10.2. The van der Waals surface area contributed by atoms with Crippen molar-refractivity contribution in [2.75, 3.05) is 4.72 Å². The number of sulfonamides is 1. The van der Waals surface area contributed by atoms with E-state index in [1.165, 1.54) is 35.4 Å². The zero-order valence-corrected chi connectivity index (χ0v) is 19.3. The Labute approximate surface area is 196 Å². The van der Waals surface area contributed by atoms with Crippen LogP contribution in [0, 0.1) is 5.92 Å². The summed E-state index contributed by atoms with van der Waals surface area (Å²) in [4.78, 5) is 13.6. The monoisotopic (exact) mass is 485 g/mol. The number of nitrogens with zero attached hydrogens (tertiary/aromatic N) is 1. The van der Waals surface area contributed by atoms with Crippen molar-refractivity contribution in [3.63, 3.8) is 0 Å². The molecule has 3 aliphatic rings. The van der Waals surface area contributed by atoms with Crippen molar-refractivity contribution in [1.29, 1.82) is 0 Å². The maximum absolute atomic E-state index is 13.4. The van der Waals surface area contributed by atoms with Crippen molar-refractivity contribution in [2.24, 2.45) is 5.92 Å². The van der Waals surface area contributed by atoms with Crippen LogP contribution in [-0.4, -0.2) is 18.5 Å². The molecule has 1 aliphatic carbocycles. The van der Waals surface area contributed by atoms with Crippen molar-refractivity contribution in [3.05, 3.63) is 99.3 Å². The summed E-state index contributed by atoms with van der Waals surface area (Å²) in [5, 5.41) is 0.352. The maximum Gasteiger partial charge on any atom is 0.264 e. The quantitative estimate of drug-likeness (QED) is 0.468. The molecule has 9 heteroatoms. The number of ketones is 1. The van der Waals surface area contributed by atoms with Gasteiger partial charge in [-0.2, -0.15) is 0 Å². The number of nitrogens with one attached hydrogen (secondary N) is 2.